The highest BCUT2D eigenvalue weighted by molar-refractivity contribution is 5.92. The fraction of sp³-hybridized carbons (Fsp3) is 0.381. The van der Waals surface area contributed by atoms with Crippen LogP contribution in [0.1, 0.15) is 31.9 Å². The molecule has 0 amide bonds. The normalized spacial score (nSPS) is 12.5. The Morgan fingerprint density at radius 2 is 1.67 bits per heavy atom. The van der Waals surface area contributed by atoms with Crippen molar-refractivity contribution in [3.05, 3.63) is 47.5 Å². The Morgan fingerprint density at radius 3 is 2.23 bits per heavy atom. The van der Waals surface area contributed by atoms with Gasteiger partial charge < -0.3 is 25.3 Å². The van der Waals surface area contributed by atoms with Crippen molar-refractivity contribution in [2.24, 2.45) is 10.7 Å². The summed E-state index contributed by atoms with van der Waals surface area (Å²) in [5.41, 5.74) is 4.96. The highest BCUT2D eigenvalue weighted by Gasteiger charge is 2.34. The molecule has 2 aromatic carbocycles. The van der Waals surface area contributed by atoms with E-state index in [0.29, 0.717) is 17.2 Å². The van der Waals surface area contributed by atoms with Crippen LogP contribution in [-0.4, -0.2) is 25.8 Å². The van der Waals surface area contributed by atoms with Gasteiger partial charge in [0.2, 0.25) is 0 Å². The van der Waals surface area contributed by atoms with Crippen LogP contribution in [0.2, 0.25) is 0 Å². The second kappa shape index (κ2) is 9.15. The summed E-state index contributed by atoms with van der Waals surface area (Å²) in [4.78, 5) is 4.04. The van der Waals surface area contributed by atoms with Crippen molar-refractivity contribution in [1.29, 1.82) is 0 Å². The van der Waals surface area contributed by atoms with Crippen molar-refractivity contribution in [3.63, 3.8) is 0 Å². The van der Waals surface area contributed by atoms with E-state index in [2.05, 4.69) is 10.3 Å². The van der Waals surface area contributed by atoms with E-state index in [-0.39, 0.29) is 23.8 Å². The van der Waals surface area contributed by atoms with Gasteiger partial charge in [-0.1, -0.05) is 6.07 Å². The standard InChI is InChI=1S/C21H26F3N3O3/c1-20(2,3)30-15-8-6-13(16(11-15)21(22,23)24)12-26-19(25)27-14-7-9-17(28-4)18(10-14)29-5/h6-11H,12H2,1-5H3,(H3,25,26,27). The lowest BCUT2D eigenvalue weighted by Crippen LogP contribution is -2.24. The van der Waals surface area contributed by atoms with Crippen molar-refractivity contribution in [1.82, 2.24) is 0 Å². The number of hydrogen-bond acceptors (Lipinski definition) is 4. The van der Waals surface area contributed by atoms with E-state index >= 15 is 0 Å². The fourth-order valence-electron chi connectivity index (χ4n) is 2.65. The third kappa shape index (κ3) is 6.47. The van der Waals surface area contributed by atoms with E-state index in [1.54, 1.807) is 39.0 Å². The number of halogens is 3. The lowest BCUT2D eigenvalue weighted by Gasteiger charge is -2.22. The van der Waals surface area contributed by atoms with Crippen LogP contribution in [0.5, 0.6) is 17.2 Å². The van der Waals surface area contributed by atoms with Gasteiger partial charge in [-0.2, -0.15) is 13.2 Å². The van der Waals surface area contributed by atoms with Crippen molar-refractivity contribution in [2.75, 3.05) is 19.5 Å². The average Bonchev–Trinajstić information content (AvgIpc) is 2.64. The monoisotopic (exact) mass is 425 g/mol. The number of nitrogens with two attached hydrogens (primary N) is 1. The van der Waals surface area contributed by atoms with Gasteiger partial charge in [-0.05, 0) is 50.6 Å². The first-order valence-corrected chi connectivity index (χ1v) is 9.11. The Kier molecular flexibility index (Phi) is 7.07. The molecule has 0 aromatic heterocycles. The van der Waals surface area contributed by atoms with Crippen LogP contribution in [0, 0.1) is 0 Å². The number of ether oxygens (including phenoxy) is 3. The average molecular weight is 425 g/mol. The quantitative estimate of drug-likeness (QED) is 0.512. The molecule has 0 aliphatic rings. The van der Waals surface area contributed by atoms with Crippen molar-refractivity contribution >= 4 is 11.6 Å². The SMILES string of the molecule is COc1ccc(NC(N)=NCc2ccc(OC(C)(C)C)cc2C(F)(F)F)cc1OC. The van der Waals surface area contributed by atoms with Crippen LogP contribution in [0.4, 0.5) is 18.9 Å². The van der Waals surface area contributed by atoms with E-state index in [0.717, 1.165) is 6.07 Å². The van der Waals surface area contributed by atoms with E-state index in [4.69, 9.17) is 19.9 Å². The molecule has 0 saturated carbocycles. The number of nitrogens with one attached hydrogen (secondary N) is 1. The lowest BCUT2D eigenvalue weighted by molar-refractivity contribution is -0.138. The van der Waals surface area contributed by atoms with Crippen LogP contribution >= 0.6 is 0 Å². The first-order valence-electron chi connectivity index (χ1n) is 9.11. The molecule has 2 aromatic rings. The van der Waals surface area contributed by atoms with Crippen LogP contribution in [0.25, 0.3) is 0 Å². The number of anilines is 1. The fourth-order valence-corrected chi connectivity index (χ4v) is 2.65. The lowest BCUT2D eigenvalue weighted by atomic mass is 10.1. The number of benzene rings is 2. The Balaban J connectivity index is 2.21. The van der Waals surface area contributed by atoms with Gasteiger partial charge in [0.1, 0.15) is 11.4 Å². The van der Waals surface area contributed by atoms with Crippen molar-refractivity contribution in [2.45, 2.75) is 39.1 Å². The van der Waals surface area contributed by atoms with Gasteiger partial charge in [-0.25, -0.2) is 4.99 Å². The van der Waals surface area contributed by atoms with E-state index < -0.39 is 17.3 Å². The summed E-state index contributed by atoms with van der Waals surface area (Å²) in [5.74, 6) is 1.11. The van der Waals surface area contributed by atoms with Gasteiger partial charge in [0, 0.05) is 11.8 Å². The topological polar surface area (TPSA) is 78.1 Å². The minimum absolute atomic E-state index is 0.0131. The first kappa shape index (κ1) is 23.2. The number of nitrogens with zero attached hydrogens (tertiary/aromatic N) is 1. The van der Waals surface area contributed by atoms with Gasteiger partial charge in [0.15, 0.2) is 17.5 Å². The number of hydrogen-bond donors (Lipinski definition) is 2. The molecule has 6 nitrogen and oxygen atoms in total. The molecule has 30 heavy (non-hydrogen) atoms. The van der Waals surface area contributed by atoms with Gasteiger partial charge in [0.25, 0.3) is 0 Å². The zero-order chi connectivity index (χ0) is 22.5. The zero-order valence-corrected chi connectivity index (χ0v) is 17.6. The van der Waals surface area contributed by atoms with Crippen LogP contribution < -0.4 is 25.3 Å². The molecule has 3 N–H and O–H groups in total. The first-order chi connectivity index (χ1) is 13.9. The third-order valence-electron chi connectivity index (χ3n) is 3.89. The number of rotatable bonds is 6. The summed E-state index contributed by atoms with van der Waals surface area (Å²) in [6.07, 6.45) is -4.55. The molecule has 0 fully saturated rings. The molecule has 0 unspecified atom stereocenters. The largest absolute Gasteiger partial charge is 0.493 e. The maximum Gasteiger partial charge on any atom is 0.416 e. The zero-order valence-electron chi connectivity index (χ0n) is 17.6. The van der Waals surface area contributed by atoms with Crippen molar-refractivity contribution in [3.8, 4) is 17.2 Å². The Hall–Kier alpha value is -3.10. The molecule has 0 aliphatic heterocycles. The highest BCUT2D eigenvalue weighted by Crippen LogP contribution is 2.35. The molecule has 0 radical (unpaired) electrons. The number of alkyl halides is 3. The predicted octanol–water partition coefficient (Wildman–Crippen LogP) is 4.83. The summed E-state index contributed by atoms with van der Waals surface area (Å²) < 4.78 is 56.4. The molecule has 0 saturated heterocycles. The molecular weight excluding hydrogens is 399 g/mol. The van der Waals surface area contributed by atoms with Crippen LogP contribution in [-0.2, 0) is 12.7 Å². The maximum atomic E-state index is 13.5. The Morgan fingerprint density at radius 1 is 1.00 bits per heavy atom. The van der Waals surface area contributed by atoms with E-state index in [1.807, 2.05) is 0 Å². The second-order valence-electron chi connectivity index (χ2n) is 7.43. The Bertz CT molecular complexity index is 907. The molecule has 0 aliphatic carbocycles. The molecule has 0 atom stereocenters. The molecule has 2 rings (SSSR count). The summed E-state index contributed by atoms with van der Waals surface area (Å²) in [6.45, 7) is 5.04. The van der Waals surface area contributed by atoms with Gasteiger partial charge in [-0.15, -0.1) is 0 Å². The molecule has 9 heteroatoms. The maximum absolute atomic E-state index is 13.5. The second-order valence-corrected chi connectivity index (χ2v) is 7.43. The molecule has 0 heterocycles. The number of methoxy groups -OCH3 is 2. The summed E-state index contributed by atoms with van der Waals surface area (Å²) >= 11 is 0. The Labute approximate surface area is 173 Å². The third-order valence-corrected chi connectivity index (χ3v) is 3.89. The highest BCUT2D eigenvalue weighted by atomic mass is 19.4. The number of guanidine groups is 1. The van der Waals surface area contributed by atoms with Gasteiger partial charge >= 0.3 is 6.18 Å². The minimum atomic E-state index is -4.55. The van der Waals surface area contributed by atoms with Crippen molar-refractivity contribution < 1.29 is 27.4 Å². The molecule has 164 valence electrons. The molecule has 0 spiro atoms. The van der Waals surface area contributed by atoms with E-state index in [9.17, 15) is 13.2 Å². The summed E-state index contributed by atoms with van der Waals surface area (Å²) in [6, 6.07) is 8.81. The summed E-state index contributed by atoms with van der Waals surface area (Å²) in [5, 5.41) is 2.83. The summed E-state index contributed by atoms with van der Waals surface area (Å²) in [7, 11) is 3.00. The van der Waals surface area contributed by atoms with Gasteiger partial charge in [0.05, 0.1) is 26.3 Å². The smallest absolute Gasteiger partial charge is 0.416 e. The van der Waals surface area contributed by atoms with E-state index in [1.165, 1.54) is 26.4 Å². The molecular formula is C21H26F3N3O3. The van der Waals surface area contributed by atoms with Gasteiger partial charge in [-0.3, -0.25) is 0 Å². The predicted molar refractivity (Wildman–Crippen MR) is 110 cm³/mol. The van der Waals surface area contributed by atoms with Crippen LogP contribution in [0.15, 0.2) is 41.4 Å². The van der Waals surface area contributed by atoms with Crippen LogP contribution in [0.3, 0.4) is 0 Å². The number of aliphatic imine (C=N–C) groups is 1. The minimum Gasteiger partial charge on any atom is -0.493 e. The molecule has 0 bridgehead atoms.